The normalized spacial score (nSPS) is 23.1. The minimum Gasteiger partial charge on any atom is -0.369 e. The van der Waals surface area contributed by atoms with Crippen LogP contribution in [0.5, 0.6) is 0 Å². The molecule has 0 aromatic heterocycles. The van der Waals surface area contributed by atoms with Crippen molar-refractivity contribution in [2.75, 3.05) is 51.2 Å². The lowest BCUT2D eigenvalue weighted by Crippen LogP contribution is -2.52. The number of hydrogen-bond donors (Lipinski definition) is 0. The van der Waals surface area contributed by atoms with Crippen LogP contribution in [0.2, 0.25) is 0 Å². The van der Waals surface area contributed by atoms with Crippen molar-refractivity contribution in [3.63, 3.8) is 0 Å². The highest BCUT2D eigenvalue weighted by atomic mass is 15.3. The summed E-state index contributed by atoms with van der Waals surface area (Å²) in [5.74, 6) is 0. The van der Waals surface area contributed by atoms with Gasteiger partial charge in [-0.15, -0.1) is 0 Å². The number of rotatable bonds is 2. The molecule has 4 nitrogen and oxygen atoms in total. The Morgan fingerprint density at radius 1 is 0.900 bits per heavy atom. The molecule has 3 rings (SSSR count). The fraction of sp³-hybridized carbons (Fsp3) is 0.625. The molecule has 2 aliphatic rings. The maximum absolute atomic E-state index is 7.56. The molecule has 0 spiro atoms. The summed E-state index contributed by atoms with van der Waals surface area (Å²) >= 11 is 0. The topological polar surface area (TPSA) is 33.5 Å². The molecule has 2 heterocycles. The molecule has 109 valence electrons. The van der Waals surface area contributed by atoms with Crippen molar-refractivity contribution in [3.05, 3.63) is 24.3 Å². The lowest BCUT2D eigenvalue weighted by Gasteiger charge is -2.42. The molecule has 0 unspecified atom stereocenters. The average Bonchev–Trinajstić information content (AvgIpc) is 2.49. The largest absolute Gasteiger partial charge is 0.369 e. The highest BCUT2D eigenvalue weighted by molar-refractivity contribution is 5.52. The van der Waals surface area contributed by atoms with E-state index in [0.717, 1.165) is 19.1 Å². The van der Waals surface area contributed by atoms with E-state index in [-0.39, 0.29) is 0 Å². The van der Waals surface area contributed by atoms with E-state index in [1.165, 1.54) is 44.7 Å². The molecule has 0 aliphatic carbocycles. The van der Waals surface area contributed by atoms with E-state index in [2.05, 4.69) is 33.9 Å². The standard InChI is InChI=1S/C16H25N4/c1-18-8-6-16(7-9-18)20-12-10-19(11-13-20)15-4-2-14(17)3-5-15/h2-5,16-17H,6-13H2,1H3. The van der Waals surface area contributed by atoms with Gasteiger partial charge < -0.3 is 15.5 Å². The Balaban J connectivity index is 1.53. The van der Waals surface area contributed by atoms with Gasteiger partial charge in [-0.2, -0.15) is 0 Å². The van der Waals surface area contributed by atoms with Crippen LogP contribution in [0.15, 0.2) is 24.3 Å². The number of nitrogens with one attached hydrogen (secondary N) is 1. The van der Waals surface area contributed by atoms with Crippen LogP contribution in [-0.2, 0) is 0 Å². The molecule has 20 heavy (non-hydrogen) atoms. The maximum Gasteiger partial charge on any atom is 0.0541 e. The first-order valence-electron chi connectivity index (χ1n) is 7.71. The third-order valence-corrected chi connectivity index (χ3v) is 4.75. The van der Waals surface area contributed by atoms with Gasteiger partial charge in [0.1, 0.15) is 0 Å². The third kappa shape index (κ3) is 3.07. The fourth-order valence-electron chi connectivity index (χ4n) is 3.38. The number of hydrogen-bond acceptors (Lipinski definition) is 3. The van der Waals surface area contributed by atoms with Crippen molar-refractivity contribution in [3.8, 4) is 0 Å². The number of piperidine rings is 1. The SMILES string of the molecule is CN1CCC(N2CCN(c3ccc([NH])cc3)CC2)CC1. The molecule has 1 aromatic carbocycles. The van der Waals surface area contributed by atoms with E-state index in [1.807, 2.05) is 12.1 Å². The number of nitrogens with zero attached hydrogens (tertiary/aromatic N) is 3. The summed E-state index contributed by atoms with van der Waals surface area (Å²) in [5.41, 5.74) is 9.42. The van der Waals surface area contributed by atoms with Crippen LogP contribution in [0, 0.1) is 0 Å². The Morgan fingerprint density at radius 2 is 1.50 bits per heavy atom. The molecule has 1 radical (unpaired) electrons. The first kappa shape index (κ1) is 13.7. The molecular weight excluding hydrogens is 248 g/mol. The molecule has 2 aliphatic heterocycles. The Kier molecular flexibility index (Phi) is 4.13. The highest BCUT2D eigenvalue weighted by Gasteiger charge is 2.26. The van der Waals surface area contributed by atoms with E-state index < -0.39 is 0 Å². The lowest BCUT2D eigenvalue weighted by atomic mass is 10.0. The van der Waals surface area contributed by atoms with Gasteiger partial charge in [0.25, 0.3) is 0 Å². The van der Waals surface area contributed by atoms with Crippen LogP contribution in [0.4, 0.5) is 11.4 Å². The summed E-state index contributed by atoms with van der Waals surface area (Å²) in [6, 6.07) is 8.72. The quantitative estimate of drug-likeness (QED) is 0.824. The van der Waals surface area contributed by atoms with Gasteiger partial charge >= 0.3 is 0 Å². The third-order valence-electron chi connectivity index (χ3n) is 4.75. The summed E-state index contributed by atoms with van der Waals surface area (Å²) in [4.78, 5) is 7.57. The zero-order valence-corrected chi connectivity index (χ0v) is 12.4. The van der Waals surface area contributed by atoms with E-state index >= 15 is 0 Å². The molecule has 1 N–H and O–H groups in total. The second kappa shape index (κ2) is 6.02. The average molecular weight is 273 g/mol. The molecule has 0 atom stereocenters. The molecule has 4 heteroatoms. The van der Waals surface area contributed by atoms with Crippen LogP contribution in [-0.4, -0.2) is 62.2 Å². The van der Waals surface area contributed by atoms with Crippen LogP contribution >= 0.6 is 0 Å². The Morgan fingerprint density at radius 3 is 2.10 bits per heavy atom. The molecule has 0 amide bonds. The minimum absolute atomic E-state index is 0.596. The molecule has 0 saturated carbocycles. The number of benzene rings is 1. The lowest BCUT2D eigenvalue weighted by molar-refractivity contribution is 0.115. The predicted octanol–water partition coefficient (Wildman–Crippen LogP) is 1.82. The minimum atomic E-state index is 0.596. The van der Waals surface area contributed by atoms with Crippen LogP contribution in [0.1, 0.15) is 12.8 Å². The fourth-order valence-corrected chi connectivity index (χ4v) is 3.38. The second-order valence-electron chi connectivity index (χ2n) is 6.10. The molecule has 1 aromatic rings. The predicted molar refractivity (Wildman–Crippen MR) is 83.5 cm³/mol. The summed E-state index contributed by atoms with van der Waals surface area (Å²) in [5, 5.41) is 0. The number of piperazine rings is 1. The van der Waals surface area contributed by atoms with E-state index in [9.17, 15) is 0 Å². The van der Waals surface area contributed by atoms with Gasteiger partial charge in [0, 0.05) is 37.9 Å². The summed E-state index contributed by atoms with van der Waals surface area (Å²) in [6.07, 6.45) is 2.65. The van der Waals surface area contributed by atoms with Gasteiger partial charge in [-0.1, -0.05) is 0 Å². The van der Waals surface area contributed by atoms with Crippen molar-refractivity contribution >= 4 is 11.4 Å². The van der Waals surface area contributed by atoms with Gasteiger partial charge in [-0.05, 0) is 57.2 Å². The van der Waals surface area contributed by atoms with Gasteiger partial charge in [0.2, 0.25) is 0 Å². The van der Waals surface area contributed by atoms with E-state index in [0.29, 0.717) is 5.69 Å². The molecule has 2 fully saturated rings. The number of likely N-dealkylation sites (tertiary alicyclic amines) is 1. The Bertz CT molecular complexity index is 415. The summed E-state index contributed by atoms with van der Waals surface area (Å²) in [7, 11) is 2.23. The van der Waals surface area contributed by atoms with Crippen LogP contribution in [0.3, 0.4) is 0 Å². The molecular formula is C16H25N4. The first-order chi connectivity index (χ1) is 9.72. The van der Waals surface area contributed by atoms with Gasteiger partial charge in [0.15, 0.2) is 0 Å². The summed E-state index contributed by atoms with van der Waals surface area (Å²) < 4.78 is 0. The highest BCUT2D eigenvalue weighted by Crippen LogP contribution is 2.21. The van der Waals surface area contributed by atoms with Gasteiger partial charge in [0.05, 0.1) is 5.69 Å². The zero-order valence-electron chi connectivity index (χ0n) is 12.4. The Hall–Kier alpha value is -1.26. The Labute approximate surface area is 122 Å². The van der Waals surface area contributed by atoms with Gasteiger partial charge in [-0.3, -0.25) is 4.90 Å². The smallest absolute Gasteiger partial charge is 0.0541 e. The van der Waals surface area contributed by atoms with Crippen molar-refractivity contribution in [2.24, 2.45) is 0 Å². The summed E-state index contributed by atoms with van der Waals surface area (Å²) in [6.45, 7) is 7.08. The number of anilines is 1. The first-order valence-corrected chi connectivity index (χ1v) is 7.71. The van der Waals surface area contributed by atoms with Gasteiger partial charge in [-0.25, -0.2) is 0 Å². The van der Waals surface area contributed by atoms with Crippen molar-refractivity contribution in [1.82, 2.24) is 15.5 Å². The van der Waals surface area contributed by atoms with Crippen LogP contribution < -0.4 is 10.6 Å². The van der Waals surface area contributed by atoms with E-state index in [1.54, 1.807) is 0 Å². The van der Waals surface area contributed by atoms with Crippen molar-refractivity contribution < 1.29 is 0 Å². The second-order valence-corrected chi connectivity index (χ2v) is 6.10. The van der Waals surface area contributed by atoms with Crippen molar-refractivity contribution in [2.45, 2.75) is 18.9 Å². The maximum atomic E-state index is 7.56. The monoisotopic (exact) mass is 273 g/mol. The van der Waals surface area contributed by atoms with E-state index in [4.69, 9.17) is 5.73 Å². The zero-order chi connectivity index (χ0) is 13.9. The van der Waals surface area contributed by atoms with Crippen molar-refractivity contribution in [1.29, 1.82) is 0 Å². The van der Waals surface area contributed by atoms with Crippen LogP contribution in [0.25, 0.3) is 0 Å². The molecule has 2 saturated heterocycles. The molecule has 0 bridgehead atoms.